The van der Waals surface area contributed by atoms with E-state index in [2.05, 4.69) is 9.97 Å². The molecule has 1 aromatic carbocycles. The predicted octanol–water partition coefficient (Wildman–Crippen LogP) is 1.46. The molecule has 180 valence electrons. The topological polar surface area (TPSA) is 99.3 Å². The van der Waals surface area contributed by atoms with Crippen LogP contribution in [0.4, 0.5) is 4.39 Å². The van der Waals surface area contributed by atoms with Crippen molar-refractivity contribution in [3.05, 3.63) is 86.2 Å². The summed E-state index contributed by atoms with van der Waals surface area (Å²) in [5.41, 5.74) is 1.03. The Labute approximate surface area is 200 Å². The van der Waals surface area contributed by atoms with Gasteiger partial charge in [0.05, 0.1) is 6.61 Å². The van der Waals surface area contributed by atoms with E-state index in [-0.39, 0.29) is 30.2 Å². The summed E-state index contributed by atoms with van der Waals surface area (Å²) in [6.45, 7) is 0.642. The molecule has 0 saturated heterocycles. The molecule has 0 saturated carbocycles. The molecule has 2 aromatic heterocycles. The van der Waals surface area contributed by atoms with Gasteiger partial charge in [0.25, 0.3) is 5.56 Å². The van der Waals surface area contributed by atoms with E-state index in [0.717, 1.165) is 5.56 Å². The first-order valence-electron chi connectivity index (χ1n) is 10.5. The number of hydrogen-bond donors (Lipinski definition) is 0. The second-order valence-corrected chi connectivity index (χ2v) is 8.68. The fraction of sp³-hybridized carbons (Fsp3) is 0.348. The molecule has 0 aliphatic heterocycles. The van der Waals surface area contributed by atoms with E-state index in [1.54, 1.807) is 44.1 Å². The molecule has 0 aliphatic rings. The van der Waals surface area contributed by atoms with Gasteiger partial charge in [0.2, 0.25) is 5.91 Å². The lowest BCUT2D eigenvalue weighted by Gasteiger charge is -2.17. The maximum absolute atomic E-state index is 13.1. The molecule has 0 unspecified atom stereocenters. The van der Waals surface area contributed by atoms with E-state index in [9.17, 15) is 18.8 Å². The van der Waals surface area contributed by atoms with Gasteiger partial charge in [-0.2, -0.15) is 4.98 Å². The molecule has 11 heteroatoms. The summed E-state index contributed by atoms with van der Waals surface area (Å²) in [5, 5.41) is 0.533. The minimum atomic E-state index is -0.546. The quantitative estimate of drug-likeness (QED) is 0.315. The van der Waals surface area contributed by atoms with Crippen LogP contribution in [-0.4, -0.2) is 57.2 Å². The van der Waals surface area contributed by atoms with Gasteiger partial charge in [0, 0.05) is 64.1 Å². The highest BCUT2D eigenvalue weighted by molar-refractivity contribution is 7.98. The zero-order chi connectivity index (χ0) is 24.7. The van der Waals surface area contributed by atoms with Crippen molar-refractivity contribution < 1.29 is 13.9 Å². The number of hydrogen-bond acceptors (Lipinski definition) is 7. The molecular formula is C23H26FN5O4S. The molecule has 3 aromatic rings. The number of benzene rings is 1. The first-order chi connectivity index (χ1) is 16.3. The normalized spacial score (nSPS) is 10.9. The van der Waals surface area contributed by atoms with Crippen LogP contribution in [0.1, 0.15) is 16.7 Å². The molecule has 0 fully saturated rings. The van der Waals surface area contributed by atoms with Crippen molar-refractivity contribution in [2.24, 2.45) is 7.05 Å². The van der Waals surface area contributed by atoms with Crippen LogP contribution in [0.25, 0.3) is 0 Å². The Kier molecular flexibility index (Phi) is 8.72. The van der Waals surface area contributed by atoms with Crippen LogP contribution in [-0.2, 0) is 35.3 Å². The Hall–Kier alpha value is -3.31. The zero-order valence-corrected chi connectivity index (χ0v) is 20.0. The number of nitrogens with zero attached hydrogens (tertiary/aromatic N) is 5. The van der Waals surface area contributed by atoms with Crippen molar-refractivity contribution >= 4 is 17.7 Å². The summed E-state index contributed by atoms with van der Waals surface area (Å²) in [7, 11) is 4.97. The minimum Gasteiger partial charge on any atom is -0.383 e. The Balaban J connectivity index is 1.71. The molecule has 1 amide bonds. The third-order valence-electron chi connectivity index (χ3n) is 5.07. The van der Waals surface area contributed by atoms with E-state index in [4.69, 9.17) is 4.74 Å². The van der Waals surface area contributed by atoms with Crippen molar-refractivity contribution in [1.82, 2.24) is 24.0 Å². The van der Waals surface area contributed by atoms with Crippen LogP contribution in [0, 0.1) is 5.82 Å². The van der Waals surface area contributed by atoms with Crippen molar-refractivity contribution in [2.75, 3.05) is 27.3 Å². The number of rotatable bonds is 10. The zero-order valence-electron chi connectivity index (χ0n) is 19.2. The van der Waals surface area contributed by atoms with Gasteiger partial charge in [-0.3, -0.25) is 14.2 Å². The van der Waals surface area contributed by atoms with Gasteiger partial charge in [-0.25, -0.2) is 14.2 Å². The molecule has 0 N–H and O–H groups in total. The number of methoxy groups -OCH3 is 1. The number of halogens is 1. The SMILES string of the molecule is COCCN(C)C(=O)Cn1cc(Cc2cn(C)c(SCc3ccc(F)cc3)nc2=O)cnc1=O. The van der Waals surface area contributed by atoms with E-state index >= 15 is 0 Å². The molecule has 3 rings (SSSR count). The molecule has 0 aliphatic carbocycles. The number of carbonyl (C=O) groups is 1. The van der Waals surface area contributed by atoms with E-state index in [1.165, 1.54) is 45.8 Å². The Morgan fingerprint density at radius 1 is 1.18 bits per heavy atom. The minimum absolute atomic E-state index is 0.158. The number of ether oxygens (including phenoxy) is 1. The predicted molar refractivity (Wildman–Crippen MR) is 126 cm³/mol. The van der Waals surface area contributed by atoms with Crippen LogP contribution < -0.4 is 11.2 Å². The Morgan fingerprint density at radius 3 is 2.62 bits per heavy atom. The fourth-order valence-electron chi connectivity index (χ4n) is 3.11. The number of amides is 1. The van der Waals surface area contributed by atoms with Gasteiger partial charge in [0.15, 0.2) is 5.16 Å². The Bertz CT molecular complexity index is 1260. The third kappa shape index (κ3) is 6.84. The number of aryl methyl sites for hydroxylation is 1. The summed E-state index contributed by atoms with van der Waals surface area (Å²) in [4.78, 5) is 46.6. The van der Waals surface area contributed by atoms with Crippen LogP contribution in [0.3, 0.4) is 0 Å². The lowest BCUT2D eigenvalue weighted by Crippen LogP contribution is -2.36. The second kappa shape index (κ2) is 11.7. The standard InChI is InChI=1S/C23H26FN5O4S/c1-27(8-9-33-3)20(30)14-29-12-17(11-25-22(29)32)10-18-13-28(2)23(26-21(18)31)34-15-16-4-6-19(24)7-5-16/h4-7,11-13H,8-10,14-15H2,1-3H3. The Morgan fingerprint density at radius 2 is 1.91 bits per heavy atom. The molecular weight excluding hydrogens is 461 g/mol. The molecule has 0 atom stereocenters. The lowest BCUT2D eigenvalue weighted by molar-refractivity contribution is -0.131. The second-order valence-electron chi connectivity index (χ2n) is 7.74. The van der Waals surface area contributed by atoms with E-state index in [0.29, 0.717) is 35.2 Å². The maximum Gasteiger partial charge on any atom is 0.347 e. The first-order valence-corrected chi connectivity index (χ1v) is 11.5. The molecule has 0 radical (unpaired) electrons. The summed E-state index contributed by atoms with van der Waals surface area (Å²) in [6, 6.07) is 6.17. The van der Waals surface area contributed by atoms with Crippen molar-refractivity contribution in [3.63, 3.8) is 0 Å². The highest BCUT2D eigenvalue weighted by Gasteiger charge is 2.13. The summed E-state index contributed by atoms with van der Waals surface area (Å²) in [5.74, 6) is -0.00750. The maximum atomic E-state index is 13.1. The van der Waals surface area contributed by atoms with E-state index < -0.39 is 5.69 Å². The van der Waals surface area contributed by atoms with Gasteiger partial charge < -0.3 is 14.2 Å². The third-order valence-corrected chi connectivity index (χ3v) is 6.18. The fourth-order valence-corrected chi connectivity index (χ4v) is 4.00. The highest BCUT2D eigenvalue weighted by Crippen LogP contribution is 2.20. The summed E-state index contributed by atoms with van der Waals surface area (Å²) >= 11 is 1.38. The molecule has 9 nitrogen and oxygen atoms in total. The molecule has 0 bridgehead atoms. The smallest absolute Gasteiger partial charge is 0.347 e. The van der Waals surface area contributed by atoms with Crippen molar-refractivity contribution in [1.29, 1.82) is 0 Å². The van der Waals surface area contributed by atoms with Gasteiger partial charge in [-0.1, -0.05) is 23.9 Å². The number of likely N-dealkylation sites (N-methyl/N-ethyl adjacent to an activating group) is 1. The summed E-state index contributed by atoms with van der Waals surface area (Å²) in [6.07, 6.45) is 4.84. The van der Waals surface area contributed by atoms with E-state index in [1.807, 2.05) is 0 Å². The van der Waals surface area contributed by atoms with Crippen LogP contribution in [0.5, 0.6) is 0 Å². The van der Waals surface area contributed by atoms with Gasteiger partial charge in [-0.05, 0) is 23.3 Å². The largest absolute Gasteiger partial charge is 0.383 e. The molecule has 34 heavy (non-hydrogen) atoms. The average molecular weight is 488 g/mol. The van der Waals surface area contributed by atoms with Crippen molar-refractivity contribution in [2.45, 2.75) is 23.9 Å². The highest BCUT2D eigenvalue weighted by atomic mass is 32.2. The van der Waals surface area contributed by atoms with Gasteiger partial charge >= 0.3 is 5.69 Å². The van der Waals surface area contributed by atoms with Crippen LogP contribution in [0.2, 0.25) is 0 Å². The molecule has 0 spiro atoms. The number of aromatic nitrogens is 4. The van der Waals surface area contributed by atoms with Crippen LogP contribution in [0.15, 0.2) is 57.6 Å². The summed E-state index contributed by atoms with van der Waals surface area (Å²) < 4.78 is 21.0. The number of carbonyl (C=O) groups excluding carboxylic acids is 1. The van der Waals surface area contributed by atoms with Gasteiger partial charge in [0.1, 0.15) is 12.4 Å². The first kappa shape index (κ1) is 25.3. The monoisotopic (exact) mass is 487 g/mol. The number of thioether (sulfide) groups is 1. The van der Waals surface area contributed by atoms with Gasteiger partial charge in [-0.15, -0.1) is 0 Å². The molecule has 2 heterocycles. The van der Waals surface area contributed by atoms with Crippen LogP contribution >= 0.6 is 11.8 Å². The lowest BCUT2D eigenvalue weighted by atomic mass is 10.1. The van der Waals surface area contributed by atoms with Crippen molar-refractivity contribution in [3.8, 4) is 0 Å². The average Bonchev–Trinajstić information content (AvgIpc) is 2.81.